The van der Waals surface area contributed by atoms with Crippen LogP contribution in [-0.4, -0.2) is 19.5 Å². The molecular weight excluding hydrogens is 236 g/mol. The van der Waals surface area contributed by atoms with Crippen LogP contribution in [0.15, 0.2) is 36.4 Å². The summed E-state index contributed by atoms with van der Waals surface area (Å²) >= 11 is 0. The molecule has 0 fully saturated rings. The molecule has 2 N–H and O–H groups in total. The molecule has 1 unspecified atom stereocenters. The normalized spacial score (nSPS) is 12.4. The van der Waals surface area contributed by atoms with E-state index in [1.54, 1.807) is 11.9 Å². The molecule has 1 atom stereocenters. The molecule has 0 spiro atoms. The Bertz CT molecular complexity index is 607. The number of anilines is 1. The molecule has 19 heavy (non-hydrogen) atoms. The van der Waals surface area contributed by atoms with Crippen molar-refractivity contribution in [3.63, 3.8) is 0 Å². The van der Waals surface area contributed by atoms with Crippen LogP contribution in [0.25, 0.3) is 10.8 Å². The Labute approximate surface area is 114 Å². The van der Waals surface area contributed by atoms with Crippen molar-refractivity contribution in [2.24, 2.45) is 11.7 Å². The zero-order chi connectivity index (χ0) is 14.0. The smallest absolute Gasteiger partial charge is 0.230 e. The van der Waals surface area contributed by atoms with Crippen LogP contribution >= 0.6 is 0 Å². The molecule has 100 valence electrons. The minimum atomic E-state index is -0.154. The average molecular weight is 256 g/mol. The van der Waals surface area contributed by atoms with Crippen LogP contribution in [0, 0.1) is 12.8 Å². The third kappa shape index (κ3) is 2.76. The number of hydrogen-bond acceptors (Lipinski definition) is 2. The van der Waals surface area contributed by atoms with Gasteiger partial charge in [0.25, 0.3) is 0 Å². The first-order valence-corrected chi connectivity index (χ1v) is 6.51. The molecule has 2 rings (SSSR count). The SMILES string of the molecule is Cc1ccc2cc(N(C)C(=O)C(C)CN)ccc2c1. The number of carbonyl (C=O) groups is 1. The number of hydrogen-bond donors (Lipinski definition) is 1. The van der Waals surface area contributed by atoms with E-state index in [9.17, 15) is 4.79 Å². The lowest BCUT2D eigenvalue weighted by Gasteiger charge is -2.21. The lowest BCUT2D eigenvalue weighted by atomic mass is 10.1. The van der Waals surface area contributed by atoms with E-state index < -0.39 is 0 Å². The predicted octanol–water partition coefficient (Wildman–Crippen LogP) is 2.71. The van der Waals surface area contributed by atoms with E-state index >= 15 is 0 Å². The summed E-state index contributed by atoms with van der Waals surface area (Å²) in [7, 11) is 1.80. The fourth-order valence-electron chi connectivity index (χ4n) is 2.12. The van der Waals surface area contributed by atoms with Crippen molar-refractivity contribution in [3.05, 3.63) is 42.0 Å². The summed E-state index contributed by atoms with van der Waals surface area (Å²) in [4.78, 5) is 13.8. The zero-order valence-electron chi connectivity index (χ0n) is 11.7. The fourth-order valence-corrected chi connectivity index (χ4v) is 2.12. The standard InChI is InChI=1S/C16H20N2O/c1-11-4-5-14-9-15(7-6-13(14)8-11)18(3)16(19)12(2)10-17/h4-9,12H,10,17H2,1-3H3. The Morgan fingerprint density at radius 1 is 1.21 bits per heavy atom. The second-order valence-electron chi connectivity index (χ2n) is 5.07. The highest BCUT2D eigenvalue weighted by atomic mass is 16.2. The van der Waals surface area contributed by atoms with E-state index in [0.29, 0.717) is 6.54 Å². The lowest BCUT2D eigenvalue weighted by molar-refractivity contribution is -0.121. The number of benzene rings is 2. The first-order valence-electron chi connectivity index (χ1n) is 6.51. The molecule has 1 amide bonds. The Morgan fingerprint density at radius 2 is 1.84 bits per heavy atom. The first-order chi connectivity index (χ1) is 9.02. The molecule has 0 aliphatic rings. The quantitative estimate of drug-likeness (QED) is 0.917. The maximum absolute atomic E-state index is 12.1. The highest BCUT2D eigenvalue weighted by Crippen LogP contribution is 2.23. The van der Waals surface area contributed by atoms with Gasteiger partial charge in [0.2, 0.25) is 5.91 Å². The molecule has 3 heteroatoms. The van der Waals surface area contributed by atoms with Gasteiger partial charge in [-0.25, -0.2) is 0 Å². The van der Waals surface area contributed by atoms with Gasteiger partial charge in [-0.3, -0.25) is 4.79 Å². The van der Waals surface area contributed by atoms with Gasteiger partial charge in [-0.2, -0.15) is 0 Å². The van der Waals surface area contributed by atoms with Crippen LogP contribution in [-0.2, 0) is 4.79 Å². The fraction of sp³-hybridized carbons (Fsp3) is 0.312. The van der Waals surface area contributed by atoms with Crippen LogP contribution in [0.3, 0.4) is 0 Å². The van der Waals surface area contributed by atoms with Crippen molar-refractivity contribution < 1.29 is 4.79 Å². The lowest BCUT2D eigenvalue weighted by Crippen LogP contribution is -2.35. The molecule has 2 aromatic carbocycles. The number of nitrogens with zero attached hydrogens (tertiary/aromatic N) is 1. The van der Waals surface area contributed by atoms with Crippen LogP contribution in [0.4, 0.5) is 5.69 Å². The maximum atomic E-state index is 12.1. The van der Waals surface area contributed by atoms with Crippen molar-refractivity contribution in [1.82, 2.24) is 0 Å². The van der Waals surface area contributed by atoms with Crippen molar-refractivity contribution in [2.45, 2.75) is 13.8 Å². The number of amides is 1. The second kappa shape index (κ2) is 5.41. The van der Waals surface area contributed by atoms with Crippen LogP contribution in [0.5, 0.6) is 0 Å². The Morgan fingerprint density at radius 3 is 2.53 bits per heavy atom. The van der Waals surface area contributed by atoms with Crippen molar-refractivity contribution in [3.8, 4) is 0 Å². The molecule has 0 aliphatic carbocycles. The van der Waals surface area contributed by atoms with Crippen LogP contribution in [0.2, 0.25) is 0 Å². The Balaban J connectivity index is 2.35. The van der Waals surface area contributed by atoms with Gasteiger partial charge >= 0.3 is 0 Å². The van der Waals surface area contributed by atoms with Gasteiger partial charge in [0, 0.05) is 25.2 Å². The molecule has 0 saturated carbocycles. The number of nitrogens with two attached hydrogens (primary N) is 1. The molecule has 0 aromatic heterocycles. The summed E-state index contributed by atoms with van der Waals surface area (Å²) in [5.74, 6) is -0.104. The van der Waals surface area contributed by atoms with Gasteiger partial charge in [0.1, 0.15) is 0 Å². The second-order valence-corrected chi connectivity index (χ2v) is 5.07. The maximum Gasteiger partial charge on any atom is 0.230 e. The Kier molecular flexibility index (Phi) is 3.86. The van der Waals surface area contributed by atoms with E-state index in [1.165, 1.54) is 10.9 Å². The van der Waals surface area contributed by atoms with Gasteiger partial charge in [0.15, 0.2) is 0 Å². The predicted molar refractivity (Wildman–Crippen MR) is 80.3 cm³/mol. The molecule has 0 radical (unpaired) electrons. The first kappa shape index (κ1) is 13.6. The molecular formula is C16H20N2O. The third-order valence-electron chi connectivity index (χ3n) is 3.47. The summed E-state index contributed by atoms with van der Waals surface area (Å²) in [6.07, 6.45) is 0. The van der Waals surface area contributed by atoms with Gasteiger partial charge in [-0.05, 0) is 29.8 Å². The number of aryl methyl sites for hydroxylation is 1. The third-order valence-corrected chi connectivity index (χ3v) is 3.47. The van der Waals surface area contributed by atoms with Crippen molar-refractivity contribution in [2.75, 3.05) is 18.5 Å². The summed E-state index contributed by atoms with van der Waals surface area (Å²) in [6.45, 7) is 4.30. The van der Waals surface area contributed by atoms with Gasteiger partial charge in [-0.15, -0.1) is 0 Å². The summed E-state index contributed by atoms with van der Waals surface area (Å²) in [5, 5.41) is 2.33. The molecule has 2 aromatic rings. The van der Waals surface area contributed by atoms with E-state index in [1.807, 2.05) is 19.1 Å². The average Bonchev–Trinajstić information content (AvgIpc) is 2.44. The number of fused-ring (bicyclic) bond motifs is 1. The molecule has 3 nitrogen and oxygen atoms in total. The topological polar surface area (TPSA) is 46.3 Å². The minimum absolute atomic E-state index is 0.0500. The van der Waals surface area contributed by atoms with Crippen molar-refractivity contribution >= 4 is 22.4 Å². The monoisotopic (exact) mass is 256 g/mol. The van der Waals surface area contributed by atoms with E-state index in [-0.39, 0.29) is 11.8 Å². The number of carbonyl (C=O) groups excluding carboxylic acids is 1. The number of rotatable bonds is 3. The minimum Gasteiger partial charge on any atom is -0.330 e. The largest absolute Gasteiger partial charge is 0.330 e. The van der Waals surface area contributed by atoms with Gasteiger partial charge < -0.3 is 10.6 Å². The van der Waals surface area contributed by atoms with Crippen molar-refractivity contribution in [1.29, 1.82) is 0 Å². The summed E-state index contributed by atoms with van der Waals surface area (Å²) in [6, 6.07) is 12.4. The van der Waals surface area contributed by atoms with E-state index in [0.717, 1.165) is 11.1 Å². The molecule has 0 bridgehead atoms. The molecule has 0 saturated heterocycles. The van der Waals surface area contributed by atoms with Crippen LogP contribution < -0.4 is 10.6 Å². The molecule has 0 aliphatic heterocycles. The van der Waals surface area contributed by atoms with Gasteiger partial charge in [0.05, 0.1) is 0 Å². The van der Waals surface area contributed by atoms with E-state index in [2.05, 4.69) is 31.2 Å². The summed E-state index contributed by atoms with van der Waals surface area (Å²) in [5.41, 5.74) is 7.69. The molecule has 0 heterocycles. The highest BCUT2D eigenvalue weighted by molar-refractivity contribution is 5.97. The van der Waals surface area contributed by atoms with E-state index in [4.69, 9.17) is 5.73 Å². The highest BCUT2D eigenvalue weighted by Gasteiger charge is 2.17. The summed E-state index contributed by atoms with van der Waals surface area (Å²) < 4.78 is 0. The van der Waals surface area contributed by atoms with Gasteiger partial charge in [-0.1, -0.05) is 36.8 Å². The van der Waals surface area contributed by atoms with Crippen LogP contribution in [0.1, 0.15) is 12.5 Å². The zero-order valence-corrected chi connectivity index (χ0v) is 11.7. The Hall–Kier alpha value is -1.87.